The molecule has 4 heterocycles. The summed E-state index contributed by atoms with van der Waals surface area (Å²) in [7, 11) is 0. The molecule has 1 aliphatic rings. The Morgan fingerprint density at radius 2 is 1.68 bits per heavy atom. The Hall–Kier alpha value is -4.97. The van der Waals surface area contributed by atoms with Crippen LogP contribution in [0.4, 0.5) is 5.13 Å². The van der Waals surface area contributed by atoms with Gasteiger partial charge in [0.1, 0.15) is 23.7 Å². The van der Waals surface area contributed by atoms with Crippen molar-refractivity contribution in [3.05, 3.63) is 142 Å². The molecule has 1 unspecified atom stereocenters. The number of hydrogen-bond donors (Lipinski definition) is 1. The predicted molar refractivity (Wildman–Crippen MR) is 183 cm³/mol. The largest absolute Gasteiger partial charge is 0.505 e. The maximum Gasteiger partial charge on any atom is 0.301 e. The number of carbonyl (C=O) groups excluding carboxylic acids is 2. The van der Waals surface area contributed by atoms with E-state index in [0.29, 0.717) is 50.1 Å². The fourth-order valence-electron chi connectivity index (χ4n) is 5.44. The molecule has 0 spiro atoms. The third-order valence-electron chi connectivity index (χ3n) is 7.69. The highest BCUT2D eigenvalue weighted by Crippen LogP contribution is 2.44. The number of thioether (sulfide) groups is 1. The van der Waals surface area contributed by atoms with Crippen LogP contribution in [0.2, 0.25) is 5.02 Å². The van der Waals surface area contributed by atoms with E-state index >= 15 is 0 Å². The molecule has 3 aromatic carbocycles. The Morgan fingerprint density at radius 3 is 2.45 bits per heavy atom. The lowest BCUT2D eigenvalue weighted by molar-refractivity contribution is -0.132. The van der Waals surface area contributed by atoms with E-state index < -0.39 is 17.7 Å². The van der Waals surface area contributed by atoms with Crippen LogP contribution in [0.3, 0.4) is 0 Å². The average molecular weight is 680 g/mol. The molecule has 1 fully saturated rings. The first-order chi connectivity index (χ1) is 22.9. The van der Waals surface area contributed by atoms with Crippen molar-refractivity contribution >= 4 is 62.9 Å². The highest BCUT2D eigenvalue weighted by molar-refractivity contribution is 8.00. The molecule has 6 aromatic rings. The van der Waals surface area contributed by atoms with Gasteiger partial charge in [-0.05, 0) is 60.0 Å². The Kier molecular flexibility index (Phi) is 8.50. The van der Waals surface area contributed by atoms with Crippen LogP contribution < -0.4 is 9.64 Å². The second-order valence-electron chi connectivity index (χ2n) is 10.8. The van der Waals surface area contributed by atoms with Crippen LogP contribution in [0.1, 0.15) is 34.1 Å². The molecule has 12 heteroatoms. The number of amides is 1. The lowest BCUT2D eigenvalue weighted by Crippen LogP contribution is -2.29. The van der Waals surface area contributed by atoms with Gasteiger partial charge in [-0.1, -0.05) is 95.4 Å². The summed E-state index contributed by atoms with van der Waals surface area (Å²) in [4.78, 5) is 33.4. The molecule has 3 aromatic heterocycles. The van der Waals surface area contributed by atoms with E-state index in [0.717, 1.165) is 11.1 Å². The van der Waals surface area contributed by atoms with E-state index in [4.69, 9.17) is 16.3 Å². The van der Waals surface area contributed by atoms with Crippen LogP contribution in [0.15, 0.2) is 113 Å². The van der Waals surface area contributed by atoms with Gasteiger partial charge in [0, 0.05) is 17.0 Å². The number of benzene rings is 3. The van der Waals surface area contributed by atoms with Crippen molar-refractivity contribution in [2.45, 2.75) is 29.7 Å². The second kappa shape index (κ2) is 13.0. The van der Waals surface area contributed by atoms with Gasteiger partial charge < -0.3 is 9.84 Å². The molecular formula is C35H26ClN5O4S2. The van der Waals surface area contributed by atoms with Gasteiger partial charge in [-0.2, -0.15) is 0 Å². The summed E-state index contributed by atoms with van der Waals surface area (Å²) in [6.07, 6.45) is 1.75. The Balaban J connectivity index is 1.26. The monoisotopic (exact) mass is 679 g/mol. The molecular weight excluding hydrogens is 654 g/mol. The molecule has 7 rings (SSSR count). The summed E-state index contributed by atoms with van der Waals surface area (Å²) in [5.74, 6) is -0.723. The number of nitrogens with zero attached hydrogens (tertiary/aromatic N) is 5. The number of ketones is 1. The van der Waals surface area contributed by atoms with E-state index in [2.05, 4.69) is 15.2 Å². The molecule has 1 atom stereocenters. The number of rotatable bonds is 9. The number of aliphatic hydroxyl groups is 1. The molecule has 1 N–H and O–H groups in total. The van der Waals surface area contributed by atoms with Crippen LogP contribution in [0.5, 0.6) is 5.75 Å². The SMILES string of the molecule is Cc1nc2ccccn2c1C(O)=C1C(=O)C(=O)N(c2nnc(SCc3ccc(Cl)cc3)s2)C1c1ccc(OCc2ccccc2)cc1. The van der Waals surface area contributed by atoms with Gasteiger partial charge in [0.15, 0.2) is 10.1 Å². The molecule has 47 heavy (non-hydrogen) atoms. The zero-order valence-electron chi connectivity index (χ0n) is 24.9. The number of carbonyl (C=O) groups is 2. The smallest absolute Gasteiger partial charge is 0.301 e. The van der Waals surface area contributed by atoms with E-state index in [1.165, 1.54) is 28.0 Å². The summed E-state index contributed by atoms with van der Waals surface area (Å²) in [6, 6.07) is 28.9. The predicted octanol–water partition coefficient (Wildman–Crippen LogP) is 7.65. The van der Waals surface area contributed by atoms with Crippen molar-refractivity contribution in [3.63, 3.8) is 0 Å². The Morgan fingerprint density at radius 1 is 0.936 bits per heavy atom. The van der Waals surface area contributed by atoms with E-state index in [1.807, 2.05) is 60.7 Å². The number of aliphatic hydroxyl groups excluding tert-OH is 1. The van der Waals surface area contributed by atoms with Gasteiger partial charge in [-0.3, -0.25) is 18.9 Å². The van der Waals surface area contributed by atoms with Gasteiger partial charge in [-0.25, -0.2) is 4.98 Å². The van der Waals surface area contributed by atoms with Crippen LogP contribution in [-0.4, -0.2) is 36.4 Å². The standard InChI is InChI=1S/C35H26ClN5O4S2/c1-21-29(40-18-6-5-9-27(40)37-21)31(42)28-30(24-12-16-26(17-13-24)45-19-22-7-3-2-4-8-22)41(33(44)32(28)43)34-38-39-35(47-34)46-20-23-10-14-25(36)15-11-23/h2-18,30,42H,19-20H2,1H3. The lowest BCUT2D eigenvalue weighted by atomic mass is 9.96. The third-order valence-corrected chi connectivity index (χ3v) is 10.1. The number of halogens is 1. The fraction of sp³-hybridized carbons (Fsp3) is 0.114. The van der Waals surface area contributed by atoms with Crippen molar-refractivity contribution < 1.29 is 19.4 Å². The maximum absolute atomic E-state index is 13.8. The summed E-state index contributed by atoms with van der Waals surface area (Å²) >= 11 is 8.69. The summed E-state index contributed by atoms with van der Waals surface area (Å²) in [5, 5.41) is 21.4. The van der Waals surface area contributed by atoms with Gasteiger partial charge >= 0.3 is 5.91 Å². The Bertz CT molecular complexity index is 2130. The van der Waals surface area contributed by atoms with Crippen molar-refractivity contribution in [2.75, 3.05) is 4.90 Å². The second-order valence-corrected chi connectivity index (χ2v) is 13.4. The number of hydrogen-bond acceptors (Lipinski definition) is 9. The molecule has 0 radical (unpaired) electrons. The fourth-order valence-corrected chi connectivity index (χ4v) is 7.39. The highest BCUT2D eigenvalue weighted by atomic mass is 35.5. The van der Waals surface area contributed by atoms with Gasteiger partial charge in [0.05, 0.1) is 17.3 Å². The van der Waals surface area contributed by atoms with Crippen molar-refractivity contribution in [2.24, 2.45) is 0 Å². The Labute approximate surface area is 283 Å². The summed E-state index contributed by atoms with van der Waals surface area (Å²) in [5.41, 5.74) is 4.05. The molecule has 9 nitrogen and oxygen atoms in total. The number of anilines is 1. The molecule has 0 bridgehead atoms. The minimum absolute atomic E-state index is 0.0627. The molecule has 0 aliphatic carbocycles. The van der Waals surface area contributed by atoms with Crippen LogP contribution in [-0.2, 0) is 21.9 Å². The lowest BCUT2D eigenvalue weighted by Gasteiger charge is -2.22. The van der Waals surface area contributed by atoms with Gasteiger partial charge in [-0.15, -0.1) is 10.2 Å². The number of pyridine rings is 1. The normalized spacial score (nSPS) is 15.9. The third kappa shape index (κ3) is 6.12. The molecule has 1 amide bonds. The van der Waals surface area contributed by atoms with Gasteiger partial charge in [0.2, 0.25) is 5.13 Å². The van der Waals surface area contributed by atoms with Crippen molar-refractivity contribution in [1.29, 1.82) is 0 Å². The first-order valence-corrected chi connectivity index (χ1v) is 16.8. The van der Waals surface area contributed by atoms with Gasteiger partial charge in [0.25, 0.3) is 5.78 Å². The minimum Gasteiger partial charge on any atom is -0.505 e. The van der Waals surface area contributed by atoms with Crippen LogP contribution in [0, 0.1) is 6.92 Å². The van der Waals surface area contributed by atoms with E-state index in [1.54, 1.807) is 53.9 Å². The number of imidazole rings is 1. The minimum atomic E-state index is -0.978. The zero-order valence-corrected chi connectivity index (χ0v) is 27.3. The molecule has 234 valence electrons. The molecule has 1 saturated heterocycles. The number of ether oxygens (including phenoxy) is 1. The summed E-state index contributed by atoms with van der Waals surface area (Å²) in [6.45, 7) is 2.13. The van der Waals surface area contributed by atoms with Crippen molar-refractivity contribution in [3.8, 4) is 5.75 Å². The number of aromatic nitrogens is 4. The summed E-state index contributed by atoms with van der Waals surface area (Å²) < 4.78 is 8.31. The van der Waals surface area contributed by atoms with Crippen molar-refractivity contribution in [1.82, 2.24) is 19.6 Å². The van der Waals surface area contributed by atoms with E-state index in [-0.39, 0.29) is 16.5 Å². The number of fused-ring (bicyclic) bond motifs is 1. The van der Waals surface area contributed by atoms with E-state index in [9.17, 15) is 14.7 Å². The molecule has 1 aliphatic heterocycles. The first-order valence-electron chi connectivity index (χ1n) is 14.6. The molecule has 0 saturated carbocycles. The maximum atomic E-state index is 13.8. The quantitative estimate of drug-likeness (QED) is 0.0546. The van der Waals surface area contributed by atoms with Crippen LogP contribution >= 0.6 is 34.7 Å². The highest BCUT2D eigenvalue weighted by Gasteiger charge is 2.49. The average Bonchev–Trinajstić information content (AvgIpc) is 3.77. The topological polar surface area (TPSA) is 110 Å². The zero-order chi connectivity index (χ0) is 32.5. The van der Waals surface area contributed by atoms with Crippen LogP contribution in [0.25, 0.3) is 11.4 Å². The first kappa shape index (κ1) is 30.7. The number of aryl methyl sites for hydroxylation is 1. The number of Topliss-reactive ketones (excluding diaryl/α,β-unsaturated/α-hetero) is 1.